The predicted octanol–water partition coefficient (Wildman–Crippen LogP) is 0.645. The lowest BCUT2D eigenvalue weighted by Gasteiger charge is -2.05. The summed E-state index contributed by atoms with van der Waals surface area (Å²) in [5.41, 5.74) is 11.7. The Morgan fingerprint density at radius 2 is 1.94 bits per heavy atom. The van der Waals surface area contributed by atoms with Gasteiger partial charge in [0.05, 0.1) is 11.1 Å². The smallest absolute Gasteiger partial charge is 0.252 e. The van der Waals surface area contributed by atoms with Gasteiger partial charge in [0.15, 0.2) is 11.5 Å². The molecule has 3 rings (SSSR count). The Balaban J connectivity index is 2.29. The number of pyridine rings is 1. The first-order valence-corrected chi connectivity index (χ1v) is 4.95. The van der Waals surface area contributed by atoms with Crippen molar-refractivity contribution in [3.05, 3.63) is 23.8 Å². The fourth-order valence-corrected chi connectivity index (χ4v) is 1.78. The van der Waals surface area contributed by atoms with Gasteiger partial charge in [0, 0.05) is 11.5 Å². The molecule has 6 nitrogen and oxygen atoms in total. The first-order chi connectivity index (χ1) is 8.15. The fraction of sp³-hybridized carbons (Fsp3) is 0.0909. The van der Waals surface area contributed by atoms with Crippen LogP contribution in [-0.2, 0) is 0 Å². The number of nitrogens with zero attached hydrogens (tertiary/aromatic N) is 1. The molecule has 0 radical (unpaired) electrons. The van der Waals surface area contributed by atoms with Crippen LogP contribution in [0.5, 0.6) is 11.5 Å². The Labute approximate surface area is 96.1 Å². The lowest BCUT2D eigenvalue weighted by Crippen LogP contribution is -2.14. The topological polar surface area (TPSA) is 100 Å². The summed E-state index contributed by atoms with van der Waals surface area (Å²) in [6.07, 6.45) is 0. The zero-order chi connectivity index (χ0) is 12.0. The van der Waals surface area contributed by atoms with E-state index in [0.717, 1.165) is 5.39 Å². The largest absolute Gasteiger partial charge is 0.454 e. The molecule has 1 aliphatic heterocycles. The molecule has 17 heavy (non-hydrogen) atoms. The fourth-order valence-electron chi connectivity index (χ4n) is 1.78. The van der Waals surface area contributed by atoms with Crippen molar-refractivity contribution < 1.29 is 14.3 Å². The number of benzene rings is 1. The molecule has 0 bridgehead atoms. The quantitative estimate of drug-likeness (QED) is 0.750. The van der Waals surface area contributed by atoms with Gasteiger partial charge >= 0.3 is 0 Å². The van der Waals surface area contributed by atoms with E-state index in [4.69, 9.17) is 20.9 Å². The van der Waals surface area contributed by atoms with E-state index >= 15 is 0 Å². The van der Waals surface area contributed by atoms with Gasteiger partial charge in [-0.3, -0.25) is 4.79 Å². The standard InChI is InChI=1S/C11H9N3O3/c12-10-6(11(13)15)1-5-2-8-9(17-4-16-8)3-7(5)14-10/h1-3H,4H2,(H2,12,14)(H2,13,15). The molecule has 2 aromatic rings. The van der Waals surface area contributed by atoms with Crippen molar-refractivity contribution in [2.45, 2.75) is 0 Å². The number of primary amides is 1. The highest BCUT2D eigenvalue weighted by atomic mass is 16.7. The number of carbonyl (C=O) groups is 1. The number of ether oxygens (including phenoxy) is 2. The number of carbonyl (C=O) groups excluding carboxylic acids is 1. The molecule has 86 valence electrons. The Bertz CT molecular complexity index is 639. The molecule has 1 amide bonds. The van der Waals surface area contributed by atoms with E-state index < -0.39 is 5.91 Å². The number of rotatable bonds is 1. The van der Waals surface area contributed by atoms with E-state index in [0.29, 0.717) is 17.0 Å². The molecule has 0 atom stereocenters. The van der Waals surface area contributed by atoms with Gasteiger partial charge < -0.3 is 20.9 Å². The molecule has 1 aromatic heterocycles. The Morgan fingerprint density at radius 3 is 2.65 bits per heavy atom. The van der Waals surface area contributed by atoms with Gasteiger partial charge in [-0.05, 0) is 12.1 Å². The molecule has 0 aliphatic carbocycles. The number of fused-ring (bicyclic) bond motifs is 2. The van der Waals surface area contributed by atoms with Gasteiger partial charge in [-0.15, -0.1) is 0 Å². The number of hydrogen-bond donors (Lipinski definition) is 2. The molecule has 0 unspecified atom stereocenters. The van der Waals surface area contributed by atoms with E-state index in [1.165, 1.54) is 0 Å². The summed E-state index contributed by atoms with van der Waals surface area (Å²) in [5, 5.41) is 0.734. The third-order valence-electron chi connectivity index (χ3n) is 2.60. The maximum absolute atomic E-state index is 11.1. The van der Waals surface area contributed by atoms with Gasteiger partial charge in [-0.1, -0.05) is 0 Å². The molecule has 2 heterocycles. The number of hydrogen-bond acceptors (Lipinski definition) is 5. The van der Waals surface area contributed by atoms with E-state index in [2.05, 4.69) is 4.98 Å². The average molecular weight is 231 g/mol. The van der Waals surface area contributed by atoms with Crippen molar-refractivity contribution in [2.24, 2.45) is 5.73 Å². The maximum Gasteiger partial charge on any atom is 0.252 e. The van der Waals surface area contributed by atoms with Gasteiger partial charge in [0.2, 0.25) is 6.79 Å². The minimum absolute atomic E-state index is 0.115. The number of anilines is 1. The van der Waals surface area contributed by atoms with Crippen LogP contribution in [0.25, 0.3) is 10.9 Å². The number of nitrogen functional groups attached to an aromatic ring is 1. The SMILES string of the molecule is NC(=O)c1cc2cc3c(cc2nc1N)OCO3. The van der Waals surface area contributed by atoms with Gasteiger partial charge in [0.25, 0.3) is 5.91 Å². The van der Waals surface area contributed by atoms with E-state index in [1.807, 2.05) is 0 Å². The Hall–Kier alpha value is -2.50. The molecule has 1 aliphatic rings. The minimum atomic E-state index is -0.602. The molecule has 4 N–H and O–H groups in total. The monoisotopic (exact) mass is 231 g/mol. The summed E-state index contributed by atoms with van der Waals surface area (Å²) in [6, 6.07) is 5.07. The van der Waals surface area contributed by atoms with Gasteiger partial charge in [-0.25, -0.2) is 4.98 Å². The maximum atomic E-state index is 11.1. The van der Waals surface area contributed by atoms with Crippen LogP contribution in [0.2, 0.25) is 0 Å². The molecule has 0 saturated heterocycles. The second-order valence-electron chi connectivity index (χ2n) is 3.68. The van der Waals surface area contributed by atoms with Crippen molar-refractivity contribution in [3.8, 4) is 11.5 Å². The second-order valence-corrected chi connectivity index (χ2v) is 3.68. The summed E-state index contributed by atoms with van der Waals surface area (Å²) in [4.78, 5) is 15.3. The molecule has 6 heteroatoms. The first kappa shape index (κ1) is 9.71. The summed E-state index contributed by atoms with van der Waals surface area (Å²) >= 11 is 0. The molecular weight excluding hydrogens is 222 g/mol. The molecule has 0 saturated carbocycles. The second kappa shape index (κ2) is 3.24. The van der Waals surface area contributed by atoms with Crippen LogP contribution in [0.3, 0.4) is 0 Å². The molecule has 1 aromatic carbocycles. The van der Waals surface area contributed by atoms with Crippen molar-refractivity contribution >= 4 is 22.6 Å². The summed E-state index contributed by atoms with van der Waals surface area (Å²) in [6.45, 7) is 0.184. The first-order valence-electron chi connectivity index (χ1n) is 4.95. The van der Waals surface area contributed by atoms with Crippen LogP contribution >= 0.6 is 0 Å². The third kappa shape index (κ3) is 1.42. The number of amides is 1. The van der Waals surface area contributed by atoms with Crippen LogP contribution in [0.1, 0.15) is 10.4 Å². The van der Waals surface area contributed by atoms with Crippen LogP contribution in [0.4, 0.5) is 5.82 Å². The zero-order valence-corrected chi connectivity index (χ0v) is 8.77. The van der Waals surface area contributed by atoms with Gasteiger partial charge in [-0.2, -0.15) is 0 Å². The summed E-state index contributed by atoms with van der Waals surface area (Å²) in [5.74, 6) is 0.758. The zero-order valence-electron chi connectivity index (χ0n) is 8.77. The predicted molar refractivity (Wildman–Crippen MR) is 60.8 cm³/mol. The van der Waals surface area contributed by atoms with E-state index in [-0.39, 0.29) is 18.2 Å². The van der Waals surface area contributed by atoms with Crippen molar-refractivity contribution in [2.75, 3.05) is 12.5 Å². The number of nitrogens with two attached hydrogens (primary N) is 2. The lowest BCUT2D eigenvalue weighted by molar-refractivity contribution is 0.100. The Kier molecular flexibility index (Phi) is 1.85. The van der Waals surface area contributed by atoms with E-state index in [1.54, 1.807) is 18.2 Å². The van der Waals surface area contributed by atoms with Crippen molar-refractivity contribution in [3.63, 3.8) is 0 Å². The van der Waals surface area contributed by atoms with Crippen LogP contribution in [0.15, 0.2) is 18.2 Å². The lowest BCUT2D eigenvalue weighted by atomic mass is 10.1. The highest BCUT2D eigenvalue weighted by Gasteiger charge is 2.16. The summed E-state index contributed by atoms with van der Waals surface area (Å²) < 4.78 is 10.5. The summed E-state index contributed by atoms with van der Waals surface area (Å²) in [7, 11) is 0. The molecular formula is C11H9N3O3. The van der Waals surface area contributed by atoms with Crippen molar-refractivity contribution in [1.29, 1.82) is 0 Å². The van der Waals surface area contributed by atoms with Crippen molar-refractivity contribution in [1.82, 2.24) is 4.98 Å². The number of aromatic nitrogens is 1. The van der Waals surface area contributed by atoms with E-state index in [9.17, 15) is 4.79 Å². The third-order valence-corrected chi connectivity index (χ3v) is 2.60. The highest BCUT2D eigenvalue weighted by molar-refractivity contribution is 6.01. The molecule has 0 spiro atoms. The van der Waals surface area contributed by atoms with Crippen LogP contribution < -0.4 is 20.9 Å². The minimum Gasteiger partial charge on any atom is -0.454 e. The van der Waals surface area contributed by atoms with Gasteiger partial charge in [0.1, 0.15) is 5.82 Å². The Morgan fingerprint density at radius 1 is 1.24 bits per heavy atom. The molecule has 0 fully saturated rings. The van der Waals surface area contributed by atoms with Crippen LogP contribution in [0, 0.1) is 0 Å². The van der Waals surface area contributed by atoms with Crippen LogP contribution in [-0.4, -0.2) is 17.7 Å². The average Bonchev–Trinajstić information content (AvgIpc) is 2.71. The highest BCUT2D eigenvalue weighted by Crippen LogP contribution is 2.36. The normalized spacial score (nSPS) is 12.9.